The lowest BCUT2D eigenvalue weighted by molar-refractivity contribution is 0.602. The van der Waals surface area contributed by atoms with Crippen LogP contribution in [-0.4, -0.2) is 19.9 Å². The Morgan fingerprint density at radius 1 is 1.00 bits per heavy atom. The predicted octanol–water partition coefficient (Wildman–Crippen LogP) is 3.69. The molecule has 0 fully saturated rings. The van der Waals surface area contributed by atoms with Gasteiger partial charge in [0.1, 0.15) is 17.3 Å². The highest BCUT2D eigenvalue weighted by Crippen LogP contribution is 2.19. The van der Waals surface area contributed by atoms with Crippen molar-refractivity contribution in [3.63, 3.8) is 0 Å². The molecule has 0 atom stereocenters. The maximum absolute atomic E-state index is 13.6. The molecule has 25 heavy (non-hydrogen) atoms. The van der Waals surface area contributed by atoms with Crippen molar-refractivity contribution in [1.82, 2.24) is 19.9 Å². The zero-order valence-electron chi connectivity index (χ0n) is 13.4. The van der Waals surface area contributed by atoms with Gasteiger partial charge in [-0.1, -0.05) is 6.07 Å². The molecule has 6 heteroatoms. The maximum Gasteiger partial charge on any atom is 0.146 e. The van der Waals surface area contributed by atoms with Crippen LogP contribution in [0.3, 0.4) is 0 Å². The number of fused-ring (bicyclic) bond motifs is 1. The van der Waals surface area contributed by atoms with Crippen LogP contribution in [0.5, 0.6) is 0 Å². The molecule has 0 bridgehead atoms. The van der Waals surface area contributed by atoms with Crippen LogP contribution in [0, 0.1) is 5.82 Å². The summed E-state index contributed by atoms with van der Waals surface area (Å²) in [5.74, 6) is 0.369. The molecule has 0 aliphatic heterocycles. The summed E-state index contributed by atoms with van der Waals surface area (Å²) < 4.78 is 13.6. The van der Waals surface area contributed by atoms with Gasteiger partial charge in [0.25, 0.3) is 0 Å². The molecule has 0 unspecified atom stereocenters. The van der Waals surface area contributed by atoms with Gasteiger partial charge < -0.3 is 10.3 Å². The van der Waals surface area contributed by atoms with Crippen LogP contribution >= 0.6 is 0 Å². The zero-order valence-corrected chi connectivity index (χ0v) is 13.4. The molecule has 5 nitrogen and oxygen atoms in total. The van der Waals surface area contributed by atoms with Gasteiger partial charge in [0.15, 0.2) is 0 Å². The Kier molecular flexibility index (Phi) is 4.08. The molecule has 4 heterocycles. The number of aromatic nitrogens is 4. The average Bonchev–Trinajstić information content (AvgIpc) is 3.05. The first-order chi connectivity index (χ1) is 12.3. The Balaban J connectivity index is 1.44. The summed E-state index contributed by atoms with van der Waals surface area (Å²) in [6.07, 6.45) is 7.93. The van der Waals surface area contributed by atoms with E-state index in [1.54, 1.807) is 18.5 Å². The van der Waals surface area contributed by atoms with Crippen molar-refractivity contribution >= 4 is 16.9 Å². The fourth-order valence-electron chi connectivity index (χ4n) is 2.74. The Hall–Kier alpha value is -3.28. The minimum atomic E-state index is -0.320. The summed E-state index contributed by atoms with van der Waals surface area (Å²) in [4.78, 5) is 15.9. The van der Waals surface area contributed by atoms with Crippen molar-refractivity contribution in [2.24, 2.45) is 0 Å². The van der Waals surface area contributed by atoms with Crippen LogP contribution in [-0.2, 0) is 13.0 Å². The van der Waals surface area contributed by atoms with Gasteiger partial charge in [-0.05, 0) is 41.5 Å². The number of pyridine rings is 3. The zero-order chi connectivity index (χ0) is 17.1. The highest BCUT2D eigenvalue weighted by molar-refractivity contribution is 5.79. The number of anilines is 1. The molecule has 0 aromatic carbocycles. The second-order valence-corrected chi connectivity index (χ2v) is 5.73. The van der Waals surface area contributed by atoms with Gasteiger partial charge in [0.05, 0.1) is 12.2 Å². The summed E-state index contributed by atoms with van der Waals surface area (Å²) in [7, 11) is 0. The second-order valence-electron chi connectivity index (χ2n) is 5.73. The van der Waals surface area contributed by atoms with E-state index in [0.717, 1.165) is 23.0 Å². The van der Waals surface area contributed by atoms with E-state index in [1.165, 1.54) is 11.6 Å². The van der Waals surface area contributed by atoms with Crippen molar-refractivity contribution in [2.75, 3.05) is 5.32 Å². The highest BCUT2D eigenvalue weighted by Gasteiger charge is 2.06. The minimum Gasteiger partial charge on any atom is -0.364 e. The normalized spacial score (nSPS) is 10.9. The van der Waals surface area contributed by atoms with Gasteiger partial charge in [-0.25, -0.2) is 14.4 Å². The smallest absolute Gasteiger partial charge is 0.146 e. The summed E-state index contributed by atoms with van der Waals surface area (Å²) in [5, 5.41) is 4.21. The maximum atomic E-state index is 13.6. The molecule has 0 amide bonds. The third-order valence-corrected chi connectivity index (χ3v) is 4.03. The molecule has 0 radical (unpaired) electrons. The van der Waals surface area contributed by atoms with Crippen LogP contribution in [0.4, 0.5) is 10.2 Å². The van der Waals surface area contributed by atoms with E-state index in [0.29, 0.717) is 18.1 Å². The van der Waals surface area contributed by atoms with E-state index in [9.17, 15) is 4.39 Å². The molecule has 0 aliphatic rings. The lowest BCUT2D eigenvalue weighted by atomic mass is 10.1. The third-order valence-electron chi connectivity index (χ3n) is 4.03. The van der Waals surface area contributed by atoms with Crippen molar-refractivity contribution in [1.29, 1.82) is 0 Å². The number of nitrogens with zero attached hydrogens (tertiary/aromatic N) is 3. The molecule has 0 saturated heterocycles. The summed E-state index contributed by atoms with van der Waals surface area (Å²) in [6, 6.07) is 10.9. The van der Waals surface area contributed by atoms with Crippen LogP contribution in [0.15, 0.2) is 61.2 Å². The van der Waals surface area contributed by atoms with Crippen molar-refractivity contribution in [3.8, 4) is 0 Å². The molecular formula is C19H16FN5. The Morgan fingerprint density at radius 2 is 1.88 bits per heavy atom. The largest absolute Gasteiger partial charge is 0.364 e. The van der Waals surface area contributed by atoms with Crippen LogP contribution < -0.4 is 5.32 Å². The minimum absolute atomic E-state index is 0.299. The second kappa shape index (κ2) is 6.68. The third kappa shape index (κ3) is 3.33. The molecular weight excluding hydrogens is 317 g/mol. The molecule has 0 saturated carbocycles. The van der Waals surface area contributed by atoms with Gasteiger partial charge >= 0.3 is 0 Å². The van der Waals surface area contributed by atoms with Gasteiger partial charge in [0.2, 0.25) is 0 Å². The number of rotatable bonds is 5. The number of hydrogen-bond donors (Lipinski definition) is 2. The lowest BCUT2D eigenvalue weighted by Gasteiger charge is -2.07. The van der Waals surface area contributed by atoms with Crippen LogP contribution in [0.2, 0.25) is 0 Å². The lowest BCUT2D eigenvalue weighted by Crippen LogP contribution is -2.05. The molecule has 124 valence electrons. The highest BCUT2D eigenvalue weighted by atomic mass is 19.1. The molecule has 2 N–H and O–H groups in total. The van der Waals surface area contributed by atoms with Gasteiger partial charge in [-0.2, -0.15) is 0 Å². The first-order valence-corrected chi connectivity index (χ1v) is 7.99. The number of nitrogens with one attached hydrogen (secondary N) is 2. The standard InChI is InChI=1S/C19H16FN5/c20-16-4-2-7-21-17(16)12-24-18-6-5-13(10-23-18)9-14-11-25-19-15(14)3-1-8-22-19/h1-8,10-11H,9,12H2,(H,22,25)(H,23,24). The fourth-order valence-corrected chi connectivity index (χ4v) is 2.74. The first-order valence-electron chi connectivity index (χ1n) is 7.99. The summed E-state index contributed by atoms with van der Waals surface area (Å²) >= 11 is 0. The molecule has 4 aromatic heterocycles. The molecule has 0 aliphatic carbocycles. The monoisotopic (exact) mass is 333 g/mol. The van der Waals surface area contributed by atoms with Gasteiger partial charge in [-0.15, -0.1) is 0 Å². The Morgan fingerprint density at radius 3 is 2.72 bits per heavy atom. The summed E-state index contributed by atoms with van der Waals surface area (Å²) in [6.45, 7) is 0.299. The summed E-state index contributed by atoms with van der Waals surface area (Å²) in [5.41, 5.74) is 3.54. The number of aromatic amines is 1. The predicted molar refractivity (Wildman–Crippen MR) is 94.7 cm³/mol. The average molecular weight is 333 g/mol. The fraction of sp³-hybridized carbons (Fsp3) is 0.105. The molecule has 0 spiro atoms. The van der Waals surface area contributed by atoms with E-state index in [1.807, 2.05) is 30.6 Å². The van der Waals surface area contributed by atoms with E-state index in [-0.39, 0.29) is 5.82 Å². The number of hydrogen-bond acceptors (Lipinski definition) is 4. The van der Waals surface area contributed by atoms with E-state index in [4.69, 9.17) is 0 Å². The van der Waals surface area contributed by atoms with Gasteiger partial charge in [0, 0.05) is 36.6 Å². The molecule has 4 aromatic rings. The number of H-pyrrole nitrogens is 1. The van der Waals surface area contributed by atoms with E-state index >= 15 is 0 Å². The van der Waals surface area contributed by atoms with Crippen molar-refractivity contribution in [3.05, 3.63) is 83.8 Å². The van der Waals surface area contributed by atoms with Crippen LogP contribution in [0.25, 0.3) is 11.0 Å². The van der Waals surface area contributed by atoms with Crippen LogP contribution in [0.1, 0.15) is 16.8 Å². The topological polar surface area (TPSA) is 66.5 Å². The van der Waals surface area contributed by atoms with Crippen molar-refractivity contribution in [2.45, 2.75) is 13.0 Å². The quantitative estimate of drug-likeness (QED) is 0.584. The Labute approximate surface area is 144 Å². The molecule has 4 rings (SSSR count). The SMILES string of the molecule is Fc1cccnc1CNc1ccc(Cc2c[nH]c3ncccc23)cn1. The Bertz CT molecular complexity index is 994. The first kappa shape index (κ1) is 15.3. The van der Waals surface area contributed by atoms with Gasteiger partial charge in [-0.3, -0.25) is 4.98 Å². The van der Waals surface area contributed by atoms with E-state index in [2.05, 4.69) is 31.3 Å². The van der Waals surface area contributed by atoms with Crippen molar-refractivity contribution < 1.29 is 4.39 Å². The number of halogens is 1. The van der Waals surface area contributed by atoms with E-state index < -0.39 is 0 Å².